The lowest BCUT2D eigenvalue weighted by Gasteiger charge is -2.19. The van der Waals surface area contributed by atoms with Crippen LogP contribution in [-0.4, -0.2) is 35.0 Å². The monoisotopic (exact) mass is 199 g/mol. The molecule has 0 saturated heterocycles. The lowest BCUT2D eigenvalue weighted by atomic mass is 10.2. The molecule has 0 rings (SSSR count). The summed E-state index contributed by atoms with van der Waals surface area (Å²) in [4.78, 5) is 23.4. The molecule has 1 N–H and O–H groups in total. The Morgan fingerprint density at radius 2 is 2.00 bits per heavy atom. The second kappa shape index (κ2) is 6.18. The second-order valence-electron chi connectivity index (χ2n) is 3.09. The van der Waals surface area contributed by atoms with Gasteiger partial charge in [0.05, 0.1) is 0 Å². The number of nitrogens with zero attached hydrogens (tertiary/aromatic N) is 1. The van der Waals surface area contributed by atoms with E-state index in [1.807, 2.05) is 6.92 Å². The number of hydrogen-bond donors (Lipinski definition) is 1. The maximum absolute atomic E-state index is 11.6. The van der Waals surface area contributed by atoms with E-state index >= 15 is 0 Å². The van der Waals surface area contributed by atoms with E-state index in [-0.39, 0.29) is 12.5 Å². The highest BCUT2D eigenvalue weighted by atomic mass is 16.4. The van der Waals surface area contributed by atoms with Crippen LogP contribution < -0.4 is 0 Å². The maximum Gasteiger partial charge on any atom is 0.323 e. The van der Waals surface area contributed by atoms with E-state index in [0.717, 1.165) is 6.42 Å². The molecule has 0 heterocycles. The average Bonchev–Trinajstić information content (AvgIpc) is 2.14. The van der Waals surface area contributed by atoms with E-state index in [1.54, 1.807) is 19.9 Å². The Bertz CT molecular complexity index is 246. The third kappa shape index (κ3) is 4.07. The fourth-order valence-electron chi connectivity index (χ4n) is 1.06. The molecule has 0 unspecified atom stereocenters. The van der Waals surface area contributed by atoms with Crippen molar-refractivity contribution >= 4 is 11.9 Å². The van der Waals surface area contributed by atoms with Crippen molar-refractivity contribution < 1.29 is 14.7 Å². The van der Waals surface area contributed by atoms with Crippen molar-refractivity contribution in [2.24, 2.45) is 0 Å². The molecule has 0 saturated carbocycles. The van der Waals surface area contributed by atoms with Gasteiger partial charge < -0.3 is 10.0 Å². The molecule has 0 aromatic carbocycles. The third-order valence-electron chi connectivity index (χ3n) is 1.88. The van der Waals surface area contributed by atoms with Gasteiger partial charge in [-0.15, -0.1) is 0 Å². The number of carbonyl (C=O) groups is 2. The number of allylic oxidation sites excluding steroid dienone is 1. The van der Waals surface area contributed by atoms with Gasteiger partial charge in [0.2, 0.25) is 5.91 Å². The van der Waals surface area contributed by atoms with E-state index in [0.29, 0.717) is 12.1 Å². The number of carbonyl (C=O) groups excluding carboxylic acids is 1. The second-order valence-corrected chi connectivity index (χ2v) is 3.09. The van der Waals surface area contributed by atoms with Crippen LogP contribution in [0.3, 0.4) is 0 Å². The zero-order valence-electron chi connectivity index (χ0n) is 8.91. The first-order valence-corrected chi connectivity index (χ1v) is 4.66. The summed E-state index contributed by atoms with van der Waals surface area (Å²) < 4.78 is 0. The van der Waals surface area contributed by atoms with Crippen molar-refractivity contribution in [2.45, 2.75) is 27.2 Å². The minimum absolute atomic E-state index is 0.197. The summed E-state index contributed by atoms with van der Waals surface area (Å²) in [6.45, 7) is 5.62. The first kappa shape index (κ1) is 12.7. The van der Waals surface area contributed by atoms with Crippen LogP contribution in [0.5, 0.6) is 0 Å². The molecule has 0 aromatic rings. The minimum Gasteiger partial charge on any atom is -0.480 e. The van der Waals surface area contributed by atoms with Gasteiger partial charge in [0.15, 0.2) is 0 Å². The van der Waals surface area contributed by atoms with Crippen LogP contribution in [-0.2, 0) is 9.59 Å². The predicted octanol–water partition coefficient (Wildman–Crippen LogP) is 1.28. The third-order valence-corrected chi connectivity index (χ3v) is 1.88. The maximum atomic E-state index is 11.6. The van der Waals surface area contributed by atoms with Crippen LogP contribution in [0.2, 0.25) is 0 Å². The van der Waals surface area contributed by atoms with Gasteiger partial charge >= 0.3 is 5.97 Å². The quantitative estimate of drug-likeness (QED) is 0.678. The normalized spacial score (nSPS) is 11.2. The topological polar surface area (TPSA) is 57.6 Å². The van der Waals surface area contributed by atoms with E-state index in [9.17, 15) is 9.59 Å². The molecule has 0 aliphatic rings. The Morgan fingerprint density at radius 1 is 1.43 bits per heavy atom. The molecule has 1 amide bonds. The van der Waals surface area contributed by atoms with Crippen LogP contribution in [0.4, 0.5) is 0 Å². The van der Waals surface area contributed by atoms with Gasteiger partial charge in [-0.3, -0.25) is 9.59 Å². The van der Waals surface area contributed by atoms with E-state index in [2.05, 4.69) is 0 Å². The van der Waals surface area contributed by atoms with Crippen LogP contribution in [0.15, 0.2) is 11.6 Å². The van der Waals surface area contributed by atoms with Gasteiger partial charge in [-0.2, -0.15) is 0 Å². The smallest absolute Gasteiger partial charge is 0.323 e. The Labute approximate surface area is 84.2 Å². The standard InChI is InChI=1S/C10H17NO3/c1-4-6-11(7-9(12)13)10(14)8(3)5-2/h5H,4,6-7H2,1-3H3,(H,12,13). The Morgan fingerprint density at radius 3 is 2.36 bits per heavy atom. The number of rotatable bonds is 5. The highest BCUT2D eigenvalue weighted by Gasteiger charge is 2.16. The van der Waals surface area contributed by atoms with E-state index in [1.165, 1.54) is 4.90 Å². The zero-order chi connectivity index (χ0) is 11.1. The van der Waals surface area contributed by atoms with Gasteiger partial charge in [0.1, 0.15) is 6.54 Å². The molecular weight excluding hydrogens is 182 g/mol. The molecule has 0 atom stereocenters. The summed E-state index contributed by atoms with van der Waals surface area (Å²) in [5.41, 5.74) is 0.583. The van der Waals surface area contributed by atoms with E-state index < -0.39 is 5.97 Å². The molecule has 14 heavy (non-hydrogen) atoms. The summed E-state index contributed by atoms with van der Waals surface area (Å²) in [6, 6.07) is 0. The van der Waals surface area contributed by atoms with Crippen LogP contribution in [0, 0.1) is 0 Å². The summed E-state index contributed by atoms with van der Waals surface area (Å²) >= 11 is 0. The molecule has 80 valence electrons. The Balaban J connectivity index is 4.48. The van der Waals surface area contributed by atoms with Crippen molar-refractivity contribution in [2.75, 3.05) is 13.1 Å². The molecule has 0 bridgehead atoms. The van der Waals surface area contributed by atoms with Gasteiger partial charge in [-0.1, -0.05) is 13.0 Å². The number of hydrogen-bond acceptors (Lipinski definition) is 2. The lowest BCUT2D eigenvalue weighted by molar-refractivity contribution is -0.143. The molecule has 4 heteroatoms. The highest BCUT2D eigenvalue weighted by molar-refractivity contribution is 5.94. The summed E-state index contributed by atoms with van der Waals surface area (Å²) in [6.07, 6.45) is 2.45. The number of carboxylic acids is 1. The Kier molecular flexibility index (Phi) is 5.60. The molecule has 0 aliphatic heterocycles. The molecule has 4 nitrogen and oxygen atoms in total. The molecule has 0 radical (unpaired) electrons. The minimum atomic E-state index is -0.976. The first-order chi connectivity index (χ1) is 6.52. The summed E-state index contributed by atoms with van der Waals surface area (Å²) in [7, 11) is 0. The fourth-order valence-corrected chi connectivity index (χ4v) is 1.06. The van der Waals surface area contributed by atoms with Crippen LogP contribution in [0.25, 0.3) is 0 Å². The summed E-state index contributed by atoms with van der Waals surface area (Å²) in [5, 5.41) is 8.60. The van der Waals surface area contributed by atoms with Crippen molar-refractivity contribution in [3.63, 3.8) is 0 Å². The van der Waals surface area contributed by atoms with Gasteiger partial charge in [-0.25, -0.2) is 0 Å². The largest absolute Gasteiger partial charge is 0.480 e. The van der Waals surface area contributed by atoms with Crippen molar-refractivity contribution in [1.82, 2.24) is 4.90 Å². The number of carboxylic acid groups (broad SMARTS) is 1. The van der Waals surface area contributed by atoms with Gasteiger partial charge in [0, 0.05) is 12.1 Å². The first-order valence-electron chi connectivity index (χ1n) is 4.66. The van der Waals surface area contributed by atoms with Crippen molar-refractivity contribution in [3.8, 4) is 0 Å². The summed E-state index contributed by atoms with van der Waals surface area (Å²) in [5.74, 6) is -1.17. The molecular formula is C10H17NO3. The lowest BCUT2D eigenvalue weighted by Crippen LogP contribution is -2.36. The average molecular weight is 199 g/mol. The fraction of sp³-hybridized carbons (Fsp3) is 0.600. The van der Waals surface area contributed by atoms with Crippen molar-refractivity contribution in [1.29, 1.82) is 0 Å². The Hall–Kier alpha value is -1.32. The molecule has 0 fully saturated rings. The van der Waals surface area contributed by atoms with Gasteiger partial charge in [0.25, 0.3) is 0 Å². The number of aliphatic carboxylic acids is 1. The molecule has 0 aliphatic carbocycles. The van der Waals surface area contributed by atoms with E-state index in [4.69, 9.17) is 5.11 Å². The molecule has 0 aromatic heterocycles. The predicted molar refractivity (Wildman–Crippen MR) is 53.9 cm³/mol. The van der Waals surface area contributed by atoms with Gasteiger partial charge in [-0.05, 0) is 20.3 Å². The highest BCUT2D eigenvalue weighted by Crippen LogP contribution is 2.02. The van der Waals surface area contributed by atoms with Crippen molar-refractivity contribution in [3.05, 3.63) is 11.6 Å². The number of amides is 1. The SMILES string of the molecule is CC=C(C)C(=O)N(CCC)CC(=O)O. The van der Waals surface area contributed by atoms with Crippen LogP contribution in [0.1, 0.15) is 27.2 Å². The van der Waals surface area contributed by atoms with Crippen LogP contribution >= 0.6 is 0 Å². The zero-order valence-corrected chi connectivity index (χ0v) is 8.91. The molecule has 0 spiro atoms.